The van der Waals surface area contributed by atoms with E-state index in [4.69, 9.17) is 4.74 Å². The summed E-state index contributed by atoms with van der Waals surface area (Å²) in [4.78, 5) is 23.6. The van der Waals surface area contributed by atoms with Crippen molar-refractivity contribution in [2.24, 2.45) is 0 Å². The zero-order valence-electron chi connectivity index (χ0n) is 11.8. The van der Waals surface area contributed by atoms with Crippen LogP contribution in [0, 0.1) is 0 Å². The van der Waals surface area contributed by atoms with Crippen molar-refractivity contribution in [1.82, 2.24) is 5.32 Å². The van der Waals surface area contributed by atoms with Gasteiger partial charge < -0.3 is 15.2 Å². The lowest BCUT2D eigenvalue weighted by Crippen LogP contribution is -2.55. The fourth-order valence-corrected chi connectivity index (χ4v) is 2.87. The highest BCUT2D eigenvalue weighted by atomic mass is 79.9. The molecular weight excluding hydrogens is 338 g/mol. The minimum absolute atomic E-state index is 0.407. The number of nitrogens with one attached hydrogen (secondary N) is 1. The van der Waals surface area contributed by atoms with Crippen molar-refractivity contribution in [1.29, 1.82) is 0 Å². The number of benzene rings is 1. The Labute approximate surface area is 131 Å². The van der Waals surface area contributed by atoms with Crippen LogP contribution in [-0.2, 0) is 9.59 Å². The first kappa shape index (κ1) is 15.8. The van der Waals surface area contributed by atoms with Crippen LogP contribution in [0.25, 0.3) is 0 Å². The molecule has 114 valence electrons. The molecule has 5 nitrogen and oxygen atoms in total. The van der Waals surface area contributed by atoms with Crippen LogP contribution < -0.4 is 10.1 Å². The summed E-state index contributed by atoms with van der Waals surface area (Å²) in [6.45, 7) is 1.61. The SMILES string of the molecule is CC(Oc1ccccc1Br)C(=O)NC1(C(=O)O)CCCC1. The quantitative estimate of drug-likeness (QED) is 0.851. The number of halogens is 1. The molecule has 0 aliphatic heterocycles. The second-order valence-electron chi connectivity index (χ2n) is 5.27. The van der Waals surface area contributed by atoms with E-state index in [0.717, 1.165) is 17.3 Å². The van der Waals surface area contributed by atoms with E-state index < -0.39 is 23.5 Å². The topological polar surface area (TPSA) is 75.6 Å². The normalized spacial score (nSPS) is 18.0. The molecule has 0 aromatic heterocycles. The lowest BCUT2D eigenvalue weighted by molar-refractivity contribution is -0.148. The molecule has 1 saturated carbocycles. The molecule has 2 rings (SSSR count). The van der Waals surface area contributed by atoms with Crippen LogP contribution in [-0.4, -0.2) is 28.6 Å². The van der Waals surface area contributed by atoms with E-state index >= 15 is 0 Å². The molecule has 1 atom stereocenters. The number of carboxylic acid groups (broad SMARTS) is 1. The van der Waals surface area contributed by atoms with Gasteiger partial charge in [-0.2, -0.15) is 0 Å². The van der Waals surface area contributed by atoms with Gasteiger partial charge in [-0.1, -0.05) is 25.0 Å². The van der Waals surface area contributed by atoms with Crippen molar-refractivity contribution in [3.05, 3.63) is 28.7 Å². The minimum Gasteiger partial charge on any atom is -0.480 e. The van der Waals surface area contributed by atoms with E-state index in [1.54, 1.807) is 19.1 Å². The molecule has 0 bridgehead atoms. The van der Waals surface area contributed by atoms with Crippen molar-refractivity contribution in [3.8, 4) is 5.75 Å². The molecule has 1 unspecified atom stereocenters. The number of carbonyl (C=O) groups excluding carboxylic acids is 1. The van der Waals surface area contributed by atoms with Crippen LogP contribution in [0.15, 0.2) is 28.7 Å². The van der Waals surface area contributed by atoms with Gasteiger partial charge in [-0.25, -0.2) is 4.79 Å². The van der Waals surface area contributed by atoms with Crippen LogP contribution in [0.1, 0.15) is 32.6 Å². The van der Waals surface area contributed by atoms with Crippen molar-refractivity contribution < 1.29 is 19.4 Å². The van der Waals surface area contributed by atoms with Gasteiger partial charge in [0.25, 0.3) is 5.91 Å². The molecule has 0 saturated heterocycles. The standard InChI is InChI=1S/C15H18BrNO4/c1-10(21-12-7-3-2-6-11(12)16)13(18)17-15(14(19)20)8-4-5-9-15/h2-3,6-7,10H,4-5,8-9H2,1H3,(H,17,18)(H,19,20). The Morgan fingerprint density at radius 2 is 1.95 bits per heavy atom. The molecule has 6 heteroatoms. The lowest BCUT2D eigenvalue weighted by atomic mass is 9.97. The molecular formula is C15H18BrNO4. The maximum atomic E-state index is 12.2. The lowest BCUT2D eigenvalue weighted by Gasteiger charge is -2.27. The van der Waals surface area contributed by atoms with E-state index in [2.05, 4.69) is 21.2 Å². The fourth-order valence-electron chi connectivity index (χ4n) is 2.49. The highest BCUT2D eigenvalue weighted by Gasteiger charge is 2.43. The third-order valence-electron chi connectivity index (χ3n) is 3.74. The summed E-state index contributed by atoms with van der Waals surface area (Å²) < 4.78 is 6.34. The van der Waals surface area contributed by atoms with E-state index in [1.165, 1.54) is 0 Å². The van der Waals surface area contributed by atoms with E-state index in [-0.39, 0.29) is 0 Å². The Morgan fingerprint density at radius 1 is 1.33 bits per heavy atom. The molecule has 1 fully saturated rings. The monoisotopic (exact) mass is 355 g/mol. The number of rotatable bonds is 5. The highest BCUT2D eigenvalue weighted by molar-refractivity contribution is 9.10. The van der Waals surface area contributed by atoms with Crippen LogP contribution in [0.2, 0.25) is 0 Å². The Kier molecular flexibility index (Phi) is 4.88. The zero-order valence-corrected chi connectivity index (χ0v) is 13.4. The van der Waals surface area contributed by atoms with Gasteiger partial charge in [0, 0.05) is 0 Å². The summed E-state index contributed by atoms with van der Waals surface area (Å²) in [5.74, 6) is -0.826. The van der Waals surface area contributed by atoms with Crippen LogP contribution >= 0.6 is 15.9 Å². The zero-order chi connectivity index (χ0) is 15.5. The summed E-state index contributed by atoms with van der Waals surface area (Å²) in [6.07, 6.45) is 1.80. The van der Waals surface area contributed by atoms with Gasteiger partial charge in [0.2, 0.25) is 0 Å². The first-order chi connectivity index (χ1) is 9.94. The maximum Gasteiger partial charge on any atom is 0.329 e. The molecule has 2 N–H and O–H groups in total. The Hall–Kier alpha value is -1.56. The molecule has 1 aromatic carbocycles. The van der Waals surface area contributed by atoms with Crippen LogP contribution in [0.4, 0.5) is 0 Å². The number of amides is 1. The summed E-state index contributed by atoms with van der Waals surface area (Å²) in [7, 11) is 0. The van der Waals surface area contributed by atoms with Crippen LogP contribution in [0.5, 0.6) is 5.75 Å². The second-order valence-corrected chi connectivity index (χ2v) is 6.13. The summed E-state index contributed by atoms with van der Waals surface area (Å²) in [5, 5.41) is 12.0. The molecule has 1 aliphatic rings. The molecule has 21 heavy (non-hydrogen) atoms. The number of carboxylic acids is 1. The number of carbonyl (C=O) groups is 2. The fraction of sp³-hybridized carbons (Fsp3) is 0.467. The average molecular weight is 356 g/mol. The van der Waals surface area contributed by atoms with Crippen molar-refractivity contribution in [2.75, 3.05) is 0 Å². The van der Waals surface area contributed by atoms with Gasteiger partial charge in [0.05, 0.1) is 4.47 Å². The Balaban J connectivity index is 2.03. The largest absolute Gasteiger partial charge is 0.480 e. The van der Waals surface area contributed by atoms with Gasteiger partial charge in [0.15, 0.2) is 6.10 Å². The Bertz CT molecular complexity index is 540. The van der Waals surface area contributed by atoms with Gasteiger partial charge in [-0.15, -0.1) is 0 Å². The molecule has 0 heterocycles. The molecule has 1 aromatic rings. The van der Waals surface area contributed by atoms with Gasteiger partial charge in [-0.05, 0) is 47.8 Å². The predicted octanol–water partition coefficient (Wildman–Crippen LogP) is 2.73. The summed E-state index contributed by atoms with van der Waals surface area (Å²) in [6, 6.07) is 7.21. The van der Waals surface area contributed by atoms with E-state index in [1.807, 2.05) is 12.1 Å². The summed E-state index contributed by atoms with van der Waals surface area (Å²) in [5.41, 5.74) is -1.14. The number of hydrogen-bond acceptors (Lipinski definition) is 3. The van der Waals surface area contributed by atoms with Gasteiger partial charge >= 0.3 is 5.97 Å². The third-order valence-corrected chi connectivity index (χ3v) is 4.39. The average Bonchev–Trinajstić information content (AvgIpc) is 2.91. The van der Waals surface area contributed by atoms with Gasteiger partial charge in [-0.3, -0.25) is 4.79 Å². The van der Waals surface area contributed by atoms with E-state index in [0.29, 0.717) is 18.6 Å². The van der Waals surface area contributed by atoms with Crippen molar-refractivity contribution >= 4 is 27.8 Å². The smallest absolute Gasteiger partial charge is 0.329 e. The van der Waals surface area contributed by atoms with Crippen LogP contribution in [0.3, 0.4) is 0 Å². The molecule has 1 aliphatic carbocycles. The number of para-hydroxylation sites is 1. The number of ether oxygens (including phenoxy) is 1. The molecule has 0 radical (unpaired) electrons. The summed E-state index contributed by atoms with van der Waals surface area (Å²) >= 11 is 3.35. The van der Waals surface area contributed by atoms with E-state index in [9.17, 15) is 14.7 Å². The Morgan fingerprint density at radius 3 is 2.52 bits per heavy atom. The van der Waals surface area contributed by atoms with Crippen molar-refractivity contribution in [3.63, 3.8) is 0 Å². The minimum atomic E-state index is -1.14. The van der Waals surface area contributed by atoms with Gasteiger partial charge in [0.1, 0.15) is 11.3 Å². The first-order valence-electron chi connectivity index (χ1n) is 6.91. The third kappa shape index (κ3) is 3.56. The first-order valence-corrected chi connectivity index (χ1v) is 7.70. The molecule has 0 spiro atoms. The maximum absolute atomic E-state index is 12.2. The molecule has 1 amide bonds. The highest BCUT2D eigenvalue weighted by Crippen LogP contribution is 2.30. The second kappa shape index (κ2) is 6.47. The number of aliphatic carboxylic acids is 1. The van der Waals surface area contributed by atoms with Crippen molar-refractivity contribution in [2.45, 2.75) is 44.2 Å². The number of hydrogen-bond donors (Lipinski definition) is 2. The predicted molar refractivity (Wildman–Crippen MR) is 81.2 cm³/mol.